The van der Waals surface area contributed by atoms with Crippen molar-refractivity contribution in [1.82, 2.24) is 0 Å². The maximum Gasteiger partial charge on any atom is 0.158 e. The Bertz CT molecular complexity index is 202. The summed E-state index contributed by atoms with van der Waals surface area (Å²) in [6.07, 6.45) is -0.134. The number of aliphatic carboxylic acids is 1. The first-order chi connectivity index (χ1) is 7.32. The quantitative estimate of drug-likeness (QED) is 0.617. The van der Waals surface area contributed by atoms with Gasteiger partial charge in [-0.1, -0.05) is 20.8 Å². The van der Waals surface area contributed by atoms with Crippen molar-refractivity contribution in [2.24, 2.45) is 11.3 Å². The maximum absolute atomic E-state index is 11.1. The van der Waals surface area contributed by atoms with E-state index in [1.54, 1.807) is 0 Å². The Morgan fingerprint density at radius 3 is 1.88 bits per heavy atom. The van der Waals surface area contributed by atoms with E-state index in [2.05, 4.69) is 0 Å². The molecule has 0 aliphatic rings. The molecule has 0 bridgehead atoms. The summed E-state index contributed by atoms with van der Waals surface area (Å²) in [5.41, 5.74) is -0.356. The molecule has 0 saturated carbocycles. The molecule has 0 aromatic rings. The number of carboxylic acids is 1. The third-order valence-electron chi connectivity index (χ3n) is 2.46. The van der Waals surface area contributed by atoms with E-state index in [9.17, 15) is 9.90 Å². The Morgan fingerprint density at radius 2 is 1.62 bits per heavy atom. The summed E-state index contributed by atoms with van der Waals surface area (Å²) in [6.45, 7) is 10.4. The SMILES string of the molecule is CCOC(CC(C(=O)[O-])C(C)(C)C)OCC. The molecule has 0 rings (SSSR count). The van der Waals surface area contributed by atoms with Crippen molar-refractivity contribution in [2.75, 3.05) is 13.2 Å². The lowest BCUT2D eigenvalue weighted by Crippen LogP contribution is -2.41. The first-order valence-electron chi connectivity index (χ1n) is 5.77. The van der Waals surface area contributed by atoms with E-state index in [1.807, 2.05) is 34.6 Å². The van der Waals surface area contributed by atoms with Crippen molar-refractivity contribution in [3.8, 4) is 0 Å². The van der Waals surface area contributed by atoms with Crippen molar-refractivity contribution in [3.63, 3.8) is 0 Å². The highest BCUT2D eigenvalue weighted by Gasteiger charge is 2.29. The molecule has 0 N–H and O–H groups in total. The second-order valence-electron chi connectivity index (χ2n) is 4.81. The molecule has 0 saturated heterocycles. The number of ether oxygens (including phenoxy) is 2. The summed E-state index contributed by atoms with van der Waals surface area (Å²) in [5.74, 6) is -1.62. The van der Waals surface area contributed by atoms with Crippen LogP contribution in [0.1, 0.15) is 41.0 Å². The van der Waals surface area contributed by atoms with Crippen molar-refractivity contribution in [1.29, 1.82) is 0 Å². The van der Waals surface area contributed by atoms with E-state index in [-0.39, 0.29) is 5.41 Å². The van der Waals surface area contributed by atoms with Crippen LogP contribution in [0.3, 0.4) is 0 Å². The van der Waals surface area contributed by atoms with Crippen LogP contribution in [0.15, 0.2) is 0 Å². The van der Waals surface area contributed by atoms with Crippen molar-refractivity contribution in [3.05, 3.63) is 0 Å². The average Bonchev–Trinajstić information content (AvgIpc) is 2.12. The maximum atomic E-state index is 11.1. The Labute approximate surface area is 97.9 Å². The van der Waals surface area contributed by atoms with E-state index in [1.165, 1.54) is 0 Å². The highest BCUT2D eigenvalue weighted by atomic mass is 16.7. The van der Waals surface area contributed by atoms with Crippen LogP contribution in [-0.2, 0) is 14.3 Å². The second kappa shape index (κ2) is 6.86. The van der Waals surface area contributed by atoms with E-state index in [4.69, 9.17) is 9.47 Å². The molecule has 0 amide bonds. The second-order valence-corrected chi connectivity index (χ2v) is 4.81. The van der Waals surface area contributed by atoms with Gasteiger partial charge < -0.3 is 19.4 Å². The molecule has 0 aliphatic heterocycles. The molecule has 96 valence electrons. The highest BCUT2D eigenvalue weighted by molar-refractivity contribution is 5.68. The number of carbonyl (C=O) groups is 1. The van der Waals surface area contributed by atoms with Crippen LogP contribution < -0.4 is 5.11 Å². The predicted octanol–water partition coefficient (Wildman–Crippen LogP) is 1.19. The normalized spacial score (nSPS) is 14.1. The van der Waals surface area contributed by atoms with Crippen LogP contribution in [0.5, 0.6) is 0 Å². The Balaban J connectivity index is 4.51. The lowest BCUT2D eigenvalue weighted by molar-refractivity contribution is -0.317. The van der Waals surface area contributed by atoms with Crippen LogP contribution in [0.2, 0.25) is 0 Å². The van der Waals surface area contributed by atoms with Gasteiger partial charge in [0.25, 0.3) is 0 Å². The molecule has 4 nitrogen and oxygen atoms in total. The fourth-order valence-electron chi connectivity index (χ4n) is 1.55. The fourth-order valence-corrected chi connectivity index (χ4v) is 1.55. The van der Waals surface area contributed by atoms with Crippen LogP contribution in [0.4, 0.5) is 0 Å². The first kappa shape index (κ1) is 15.4. The molecule has 0 spiro atoms. The van der Waals surface area contributed by atoms with Gasteiger partial charge in [-0.05, 0) is 19.3 Å². The zero-order valence-electron chi connectivity index (χ0n) is 10.9. The van der Waals surface area contributed by atoms with Crippen molar-refractivity contribution >= 4 is 5.97 Å². The molecule has 0 aliphatic carbocycles. The molecule has 0 fully saturated rings. The van der Waals surface area contributed by atoms with E-state index in [0.717, 1.165) is 0 Å². The number of carbonyl (C=O) groups excluding carboxylic acids is 1. The summed E-state index contributed by atoms with van der Waals surface area (Å²) < 4.78 is 10.7. The van der Waals surface area contributed by atoms with Crippen LogP contribution >= 0.6 is 0 Å². The Morgan fingerprint density at radius 1 is 1.19 bits per heavy atom. The van der Waals surface area contributed by atoms with Gasteiger partial charge in [0.05, 0.1) is 0 Å². The number of hydrogen-bond acceptors (Lipinski definition) is 4. The van der Waals surface area contributed by atoms with Gasteiger partial charge in [-0.25, -0.2) is 0 Å². The zero-order chi connectivity index (χ0) is 12.8. The Kier molecular flexibility index (Phi) is 6.60. The summed E-state index contributed by atoms with van der Waals surface area (Å²) in [6, 6.07) is 0. The minimum Gasteiger partial charge on any atom is -0.550 e. The largest absolute Gasteiger partial charge is 0.550 e. The third-order valence-corrected chi connectivity index (χ3v) is 2.46. The van der Waals surface area contributed by atoms with Crippen LogP contribution in [0.25, 0.3) is 0 Å². The average molecular weight is 231 g/mol. The molecule has 0 heterocycles. The summed E-state index contributed by atoms with van der Waals surface area (Å²) in [5, 5.41) is 11.1. The van der Waals surface area contributed by atoms with Crippen molar-refractivity contribution in [2.45, 2.75) is 47.3 Å². The molecule has 1 unspecified atom stereocenters. The molecule has 0 aromatic carbocycles. The third kappa shape index (κ3) is 5.47. The van der Waals surface area contributed by atoms with Crippen LogP contribution in [0, 0.1) is 11.3 Å². The zero-order valence-corrected chi connectivity index (χ0v) is 10.9. The molecule has 4 heteroatoms. The molecule has 0 aromatic heterocycles. The topological polar surface area (TPSA) is 58.6 Å². The highest BCUT2D eigenvalue weighted by Crippen LogP contribution is 2.30. The monoisotopic (exact) mass is 231 g/mol. The first-order valence-corrected chi connectivity index (χ1v) is 5.77. The van der Waals surface area contributed by atoms with Gasteiger partial charge in [0, 0.05) is 31.5 Å². The van der Waals surface area contributed by atoms with Crippen LogP contribution in [-0.4, -0.2) is 25.5 Å². The van der Waals surface area contributed by atoms with Gasteiger partial charge in [-0.3, -0.25) is 0 Å². The summed E-state index contributed by atoms with van der Waals surface area (Å²) in [7, 11) is 0. The fraction of sp³-hybridized carbons (Fsp3) is 0.917. The van der Waals surface area contributed by atoms with Crippen molar-refractivity contribution < 1.29 is 19.4 Å². The van der Waals surface area contributed by atoms with Gasteiger partial charge in [-0.15, -0.1) is 0 Å². The van der Waals surface area contributed by atoms with Gasteiger partial charge >= 0.3 is 0 Å². The number of rotatable bonds is 7. The van der Waals surface area contributed by atoms with Gasteiger partial charge in [-0.2, -0.15) is 0 Å². The standard InChI is InChI=1S/C12H24O4/c1-6-15-10(16-7-2)8-9(11(13)14)12(3,4)5/h9-10H,6-8H2,1-5H3,(H,13,14)/p-1. The van der Waals surface area contributed by atoms with E-state index >= 15 is 0 Å². The smallest absolute Gasteiger partial charge is 0.158 e. The number of carboxylic acid groups (broad SMARTS) is 1. The molecule has 1 atom stereocenters. The minimum absolute atomic E-state index is 0.327. The van der Waals surface area contributed by atoms with E-state index < -0.39 is 18.2 Å². The number of hydrogen-bond donors (Lipinski definition) is 0. The molecule has 16 heavy (non-hydrogen) atoms. The summed E-state index contributed by atoms with van der Waals surface area (Å²) >= 11 is 0. The lowest BCUT2D eigenvalue weighted by Gasteiger charge is -2.33. The summed E-state index contributed by atoms with van der Waals surface area (Å²) in [4.78, 5) is 11.1. The molecule has 0 radical (unpaired) electrons. The van der Waals surface area contributed by atoms with Gasteiger partial charge in [0.2, 0.25) is 0 Å². The molecular weight excluding hydrogens is 208 g/mol. The molecular formula is C12H23O4-. The van der Waals surface area contributed by atoms with Gasteiger partial charge in [0.15, 0.2) is 6.29 Å². The predicted molar refractivity (Wildman–Crippen MR) is 59.6 cm³/mol. The van der Waals surface area contributed by atoms with E-state index in [0.29, 0.717) is 19.6 Å². The minimum atomic E-state index is -1.04. The Hall–Kier alpha value is -0.610. The van der Waals surface area contributed by atoms with Gasteiger partial charge in [0.1, 0.15) is 0 Å². The lowest BCUT2D eigenvalue weighted by atomic mass is 9.78.